The Morgan fingerprint density at radius 1 is 1.27 bits per heavy atom. The summed E-state index contributed by atoms with van der Waals surface area (Å²) in [5.74, 6) is 1.17. The molecule has 1 rings (SSSR count). The van der Waals surface area contributed by atoms with Gasteiger partial charge in [0.15, 0.2) is 6.79 Å². The molecule has 0 atom stereocenters. The first-order chi connectivity index (χ1) is 7.30. The van der Waals surface area contributed by atoms with Crippen molar-refractivity contribution in [2.24, 2.45) is 0 Å². The molecule has 0 saturated heterocycles. The quantitative estimate of drug-likeness (QED) is 0.547. The molecule has 0 heterocycles. The molecule has 0 fully saturated rings. The maximum atomic E-state index is 8.76. The van der Waals surface area contributed by atoms with Gasteiger partial charge < -0.3 is 14.2 Å². The van der Waals surface area contributed by atoms with Crippen LogP contribution in [0.1, 0.15) is 12.5 Å². The van der Waals surface area contributed by atoms with Crippen LogP contribution in [-0.2, 0) is 4.74 Å². The Morgan fingerprint density at radius 2 is 2.00 bits per heavy atom. The molecular formula is C11H13NO3. The van der Waals surface area contributed by atoms with Crippen LogP contribution in [0.4, 0.5) is 0 Å². The van der Waals surface area contributed by atoms with Crippen molar-refractivity contribution in [1.82, 2.24) is 0 Å². The van der Waals surface area contributed by atoms with Gasteiger partial charge in [-0.1, -0.05) is 0 Å². The Balaban J connectivity index is 2.74. The lowest BCUT2D eigenvalue weighted by atomic mass is 10.2. The molecule has 1 aromatic carbocycles. The third kappa shape index (κ3) is 3.49. The molecule has 0 aliphatic heterocycles. The van der Waals surface area contributed by atoms with Crippen molar-refractivity contribution in [1.29, 1.82) is 5.26 Å². The van der Waals surface area contributed by atoms with Gasteiger partial charge in [0.1, 0.15) is 11.5 Å². The van der Waals surface area contributed by atoms with Crippen LogP contribution >= 0.6 is 0 Å². The molecule has 0 aromatic heterocycles. The smallest absolute Gasteiger partial charge is 0.189 e. The van der Waals surface area contributed by atoms with E-state index in [4.69, 9.17) is 19.5 Å². The fraction of sp³-hybridized carbons (Fsp3) is 0.364. The third-order valence-corrected chi connectivity index (χ3v) is 1.76. The van der Waals surface area contributed by atoms with Crippen molar-refractivity contribution < 1.29 is 14.2 Å². The van der Waals surface area contributed by atoms with E-state index in [1.54, 1.807) is 25.3 Å². The molecule has 80 valence electrons. The van der Waals surface area contributed by atoms with E-state index in [9.17, 15) is 0 Å². The summed E-state index contributed by atoms with van der Waals surface area (Å²) in [6.07, 6.45) is 0. The predicted molar refractivity (Wildman–Crippen MR) is 54.8 cm³/mol. The van der Waals surface area contributed by atoms with Gasteiger partial charge in [-0.2, -0.15) is 5.26 Å². The first-order valence-electron chi connectivity index (χ1n) is 4.60. The first kappa shape index (κ1) is 11.3. The van der Waals surface area contributed by atoms with E-state index in [0.29, 0.717) is 23.7 Å². The second-order valence-electron chi connectivity index (χ2n) is 2.76. The van der Waals surface area contributed by atoms with Gasteiger partial charge in [0.25, 0.3) is 0 Å². The highest BCUT2D eigenvalue weighted by Crippen LogP contribution is 2.22. The molecule has 0 N–H and O–H groups in total. The average Bonchev–Trinajstić information content (AvgIpc) is 2.29. The minimum absolute atomic E-state index is 0.175. The zero-order chi connectivity index (χ0) is 11.1. The van der Waals surface area contributed by atoms with Gasteiger partial charge in [-0.05, 0) is 19.1 Å². The highest BCUT2D eigenvalue weighted by Gasteiger charge is 2.01. The molecule has 0 unspecified atom stereocenters. The summed E-state index contributed by atoms with van der Waals surface area (Å²) in [7, 11) is 1.54. The van der Waals surface area contributed by atoms with Gasteiger partial charge in [0, 0.05) is 12.7 Å². The van der Waals surface area contributed by atoms with Crippen molar-refractivity contribution in [3.05, 3.63) is 23.8 Å². The molecule has 0 amide bonds. The molecular weight excluding hydrogens is 194 g/mol. The molecule has 4 nitrogen and oxygen atoms in total. The van der Waals surface area contributed by atoms with E-state index < -0.39 is 0 Å². The summed E-state index contributed by atoms with van der Waals surface area (Å²) in [6, 6.07) is 7.03. The van der Waals surface area contributed by atoms with Gasteiger partial charge in [-0.15, -0.1) is 0 Å². The van der Waals surface area contributed by atoms with Crippen molar-refractivity contribution in [2.45, 2.75) is 6.92 Å². The van der Waals surface area contributed by atoms with Gasteiger partial charge in [0.2, 0.25) is 0 Å². The van der Waals surface area contributed by atoms with Crippen molar-refractivity contribution in [2.75, 3.05) is 20.5 Å². The molecule has 0 aliphatic carbocycles. The fourth-order valence-corrected chi connectivity index (χ4v) is 1.03. The van der Waals surface area contributed by atoms with Crippen LogP contribution in [0.3, 0.4) is 0 Å². The van der Waals surface area contributed by atoms with Crippen LogP contribution in [0.25, 0.3) is 0 Å². The molecule has 0 saturated carbocycles. The Hall–Kier alpha value is -1.73. The van der Waals surface area contributed by atoms with E-state index in [2.05, 4.69) is 0 Å². The van der Waals surface area contributed by atoms with E-state index in [1.165, 1.54) is 0 Å². The Morgan fingerprint density at radius 3 is 2.60 bits per heavy atom. The summed E-state index contributed by atoms with van der Waals surface area (Å²) in [4.78, 5) is 0. The number of hydrogen-bond acceptors (Lipinski definition) is 4. The van der Waals surface area contributed by atoms with Crippen molar-refractivity contribution >= 4 is 0 Å². The summed E-state index contributed by atoms with van der Waals surface area (Å²) < 4.78 is 15.3. The third-order valence-electron chi connectivity index (χ3n) is 1.76. The van der Waals surface area contributed by atoms with Crippen LogP contribution in [0.2, 0.25) is 0 Å². The molecule has 4 heteroatoms. The predicted octanol–water partition coefficient (Wildman–Crippen LogP) is 1.94. The summed E-state index contributed by atoms with van der Waals surface area (Å²) >= 11 is 0. The second-order valence-corrected chi connectivity index (χ2v) is 2.76. The van der Waals surface area contributed by atoms with Crippen LogP contribution in [-0.4, -0.2) is 20.5 Å². The Bertz CT molecular complexity index is 357. The maximum Gasteiger partial charge on any atom is 0.189 e. The van der Waals surface area contributed by atoms with Gasteiger partial charge in [-0.25, -0.2) is 0 Å². The van der Waals surface area contributed by atoms with Gasteiger partial charge in [0.05, 0.1) is 18.7 Å². The lowest BCUT2D eigenvalue weighted by molar-refractivity contribution is 0.0223. The van der Waals surface area contributed by atoms with Crippen LogP contribution in [0, 0.1) is 11.3 Å². The Labute approximate surface area is 89.0 Å². The van der Waals surface area contributed by atoms with Gasteiger partial charge >= 0.3 is 0 Å². The monoisotopic (exact) mass is 207 g/mol. The summed E-state index contributed by atoms with van der Waals surface area (Å²) in [6.45, 7) is 2.65. The Kier molecular flexibility index (Phi) is 4.45. The highest BCUT2D eigenvalue weighted by molar-refractivity contribution is 5.43. The molecule has 15 heavy (non-hydrogen) atoms. The van der Waals surface area contributed by atoms with Crippen LogP contribution in [0.5, 0.6) is 11.5 Å². The lowest BCUT2D eigenvalue weighted by Gasteiger charge is -2.07. The average molecular weight is 207 g/mol. The number of ether oxygens (including phenoxy) is 3. The zero-order valence-electron chi connectivity index (χ0n) is 8.82. The largest absolute Gasteiger partial charge is 0.497 e. The number of hydrogen-bond donors (Lipinski definition) is 0. The standard InChI is InChI=1S/C11H13NO3/c1-3-14-8-15-11-5-9(7-12)4-10(6-11)13-2/h4-6H,3,8H2,1-2H3. The van der Waals surface area contributed by atoms with Crippen molar-refractivity contribution in [3.8, 4) is 17.6 Å². The summed E-state index contributed by atoms with van der Waals surface area (Å²) in [5.41, 5.74) is 0.501. The van der Waals surface area contributed by atoms with Gasteiger partial charge in [-0.3, -0.25) is 0 Å². The number of methoxy groups -OCH3 is 1. The first-order valence-corrected chi connectivity index (χ1v) is 4.60. The maximum absolute atomic E-state index is 8.76. The second kappa shape index (κ2) is 5.89. The number of nitriles is 1. The molecule has 0 aliphatic rings. The summed E-state index contributed by atoms with van der Waals surface area (Å²) in [5, 5.41) is 8.76. The fourth-order valence-electron chi connectivity index (χ4n) is 1.03. The number of benzene rings is 1. The highest BCUT2D eigenvalue weighted by atomic mass is 16.7. The lowest BCUT2D eigenvalue weighted by Crippen LogP contribution is -2.02. The molecule has 0 spiro atoms. The van der Waals surface area contributed by atoms with E-state index in [0.717, 1.165) is 0 Å². The minimum atomic E-state index is 0.175. The van der Waals surface area contributed by atoms with Crippen LogP contribution < -0.4 is 9.47 Å². The zero-order valence-corrected chi connectivity index (χ0v) is 8.82. The van der Waals surface area contributed by atoms with E-state index in [1.807, 2.05) is 13.0 Å². The minimum Gasteiger partial charge on any atom is -0.497 e. The number of nitrogens with zero attached hydrogens (tertiary/aromatic N) is 1. The van der Waals surface area contributed by atoms with E-state index in [-0.39, 0.29) is 6.79 Å². The SMILES string of the molecule is CCOCOc1cc(C#N)cc(OC)c1. The topological polar surface area (TPSA) is 51.5 Å². The van der Waals surface area contributed by atoms with E-state index >= 15 is 0 Å². The molecule has 1 aromatic rings. The van der Waals surface area contributed by atoms with Crippen molar-refractivity contribution in [3.63, 3.8) is 0 Å². The van der Waals surface area contributed by atoms with Crippen LogP contribution in [0.15, 0.2) is 18.2 Å². The molecule has 0 radical (unpaired) electrons. The normalized spacial score (nSPS) is 9.40. The molecule has 0 bridgehead atoms. The number of rotatable bonds is 5.